The van der Waals surface area contributed by atoms with Gasteiger partial charge in [-0.25, -0.2) is 0 Å². The molecule has 4 nitrogen and oxygen atoms in total. The van der Waals surface area contributed by atoms with E-state index in [9.17, 15) is 9.90 Å². The maximum absolute atomic E-state index is 12.2. The molecule has 1 saturated heterocycles. The molecular formula is C16H21NO3. The van der Waals surface area contributed by atoms with Gasteiger partial charge >= 0.3 is 0 Å². The first-order valence-electron chi connectivity index (χ1n) is 7.09. The van der Waals surface area contributed by atoms with Gasteiger partial charge in [0.05, 0.1) is 0 Å². The van der Waals surface area contributed by atoms with Crippen LogP contribution in [0.2, 0.25) is 0 Å². The molecule has 0 bridgehead atoms. The largest absolute Gasteiger partial charge is 0.508 e. The lowest BCUT2D eigenvalue weighted by Gasteiger charge is -2.23. The molecular weight excluding hydrogens is 254 g/mol. The summed E-state index contributed by atoms with van der Waals surface area (Å²) in [5.41, 5.74) is 0.891. The quantitative estimate of drug-likeness (QED) is 0.810. The maximum atomic E-state index is 12.2. The molecule has 2 rings (SSSR count). The van der Waals surface area contributed by atoms with Crippen molar-refractivity contribution in [2.24, 2.45) is 0 Å². The van der Waals surface area contributed by atoms with E-state index in [1.807, 2.05) is 4.90 Å². The van der Waals surface area contributed by atoms with E-state index in [4.69, 9.17) is 5.11 Å². The molecule has 1 amide bonds. The number of phenols is 1. The number of aliphatic hydroxyl groups is 1. The average Bonchev–Trinajstić information content (AvgIpc) is 2.92. The van der Waals surface area contributed by atoms with Crippen LogP contribution in [0.15, 0.2) is 30.3 Å². The number of phenolic OH excluding ortho intramolecular Hbond substituents is 1. The third kappa shape index (κ3) is 3.84. The fourth-order valence-electron chi connectivity index (χ4n) is 2.60. The molecule has 2 N–H and O–H groups in total. The Balaban J connectivity index is 1.94. The average molecular weight is 275 g/mol. The number of benzene rings is 1. The van der Waals surface area contributed by atoms with E-state index in [2.05, 4.69) is 0 Å². The number of rotatable bonds is 5. The van der Waals surface area contributed by atoms with Gasteiger partial charge in [-0.3, -0.25) is 4.79 Å². The van der Waals surface area contributed by atoms with Crippen LogP contribution in [0.4, 0.5) is 0 Å². The van der Waals surface area contributed by atoms with E-state index >= 15 is 0 Å². The molecule has 1 atom stereocenters. The highest BCUT2D eigenvalue weighted by atomic mass is 16.3. The van der Waals surface area contributed by atoms with Crippen LogP contribution in [-0.4, -0.2) is 40.2 Å². The molecule has 1 aliphatic rings. The molecule has 1 aliphatic heterocycles. The normalized spacial score (nSPS) is 18.9. The predicted octanol–water partition coefficient (Wildman–Crippen LogP) is 2.17. The van der Waals surface area contributed by atoms with Crippen LogP contribution >= 0.6 is 0 Å². The Kier molecular flexibility index (Phi) is 5.18. The van der Waals surface area contributed by atoms with Gasteiger partial charge < -0.3 is 15.1 Å². The fourth-order valence-corrected chi connectivity index (χ4v) is 2.60. The third-order valence-electron chi connectivity index (χ3n) is 3.67. The summed E-state index contributed by atoms with van der Waals surface area (Å²) in [7, 11) is 0. The maximum Gasteiger partial charge on any atom is 0.246 e. The first-order chi connectivity index (χ1) is 9.70. The summed E-state index contributed by atoms with van der Waals surface area (Å²) < 4.78 is 0. The predicted molar refractivity (Wildman–Crippen MR) is 78.2 cm³/mol. The molecule has 0 aromatic heterocycles. The van der Waals surface area contributed by atoms with E-state index < -0.39 is 0 Å². The summed E-state index contributed by atoms with van der Waals surface area (Å²) in [6.07, 6.45) is 7.03. The van der Waals surface area contributed by atoms with Gasteiger partial charge in [0, 0.05) is 25.3 Å². The lowest BCUT2D eigenvalue weighted by atomic mass is 10.1. The van der Waals surface area contributed by atoms with Crippen molar-refractivity contribution < 1.29 is 15.0 Å². The van der Waals surface area contributed by atoms with E-state index in [1.165, 1.54) is 0 Å². The molecule has 0 radical (unpaired) electrons. The Bertz CT molecular complexity index is 467. The fraction of sp³-hybridized carbons (Fsp3) is 0.438. The van der Waals surface area contributed by atoms with Crippen LogP contribution < -0.4 is 0 Å². The number of amides is 1. The number of nitrogens with zero attached hydrogens (tertiary/aromatic N) is 1. The highest BCUT2D eigenvalue weighted by Crippen LogP contribution is 2.22. The Hall–Kier alpha value is -1.81. The molecule has 1 aromatic rings. The van der Waals surface area contributed by atoms with Gasteiger partial charge in [-0.15, -0.1) is 0 Å². The van der Waals surface area contributed by atoms with E-state index in [0.29, 0.717) is 0 Å². The summed E-state index contributed by atoms with van der Waals surface area (Å²) >= 11 is 0. The van der Waals surface area contributed by atoms with Crippen LogP contribution in [0.5, 0.6) is 5.75 Å². The SMILES string of the molecule is O=C(C=Cc1ccc(O)cc1)N1CCCC1CCCO. The van der Waals surface area contributed by atoms with Gasteiger partial charge in [-0.05, 0) is 49.5 Å². The number of hydrogen-bond donors (Lipinski definition) is 2. The van der Waals surface area contributed by atoms with Gasteiger partial charge in [-0.2, -0.15) is 0 Å². The molecule has 1 unspecified atom stereocenters. The lowest BCUT2D eigenvalue weighted by Crippen LogP contribution is -2.34. The van der Waals surface area contributed by atoms with Crippen LogP contribution in [0.25, 0.3) is 6.08 Å². The highest BCUT2D eigenvalue weighted by molar-refractivity contribution is 5.92. The van der Waals surface area contributed by atoms with Gasteiger partial charge in [0.1, 0.15) is 5.75 Å². The first-order valence-corrected chi connectivity index (χ1v) is 7.09. The van der Waals surface area contributed by atoms with Crippen molar-refractivity contribution in [3.8, 4) is 5.75 Å². The second-order valence-electron chi connectivity index (χ2n) is 5.12. The molecule has 0 aliphatic carbocycles. The Morgan fingerprint density at radius 2 is 2.10 bits per heavy atom. The van der Waals surface area contributed by atoms with Crippen molar-refractivity contribution in [3.63, 3.8) is 0 Å². The minimum Gasteiger partial charge on any atom is -0.508 e. The van der Waals surface area contributed by atoms with Crippen LogP contribution in [0.1, 0.15) is 31.2 Å². The standard InChI is InChI=1S/C16H21NO3/c18-12-2-4-14-3-1-11-17(14)16(20)10-7-13-5-8-15(19)9-6-13/h5-10,14,18-19H,1-4,11-12H2. The Labute approximate surface area is 119 Å². The zero-order valence-corrected chi connectivity index (χ0v) is 11.5. The Morgan fingerprint density at radius 1 is 1.35 bits per heavy atom. The van der Waals surface area contributed by atoms with Gasteiger partial charge in [-0.1, -0.05) is 12.1 Å². The number of aromatic hydroxyl groups is 1. The van der Waals surface area contributed by atoms with Crippen molar-refractivity contribution in [1.29, 1.82) is 0 Å². The lowest BCUT2D eigenvalue weighted by molar-refractivity contribution is -0.126. The van der Waals surface area contributed by atoms with Gasteiger partial charge in [0.25, 0.3) is 0 Å². The van der Waals surface area contributed by atoms with Crippen molar-refractivity contribution in [2.45, 2.75) is 31.7 Å². The second-order valence-corrected chi connectivity index (χ2v) is 5.12. The number of carbonyl (C=O) groups is 1. The summed E-state index contributed by atoms with van der Waals surface area (Å²) in [4.78, 5) is 14.1. The van der Waals surface area contributed by atoms with Crippen LogP contribution in [-0.2, 0) is 4.79 Å². The van der Waals surface area contributed by atoms with Crippen molar-refractivity contribution in [3.05, 3.63) is 35.9 Å². The monoisotopic (exact) mass is 275 g/mol. The molecule has 1 heterocycles. The number of aliphatic hydroxyl groups excluding tert-OH is 1. The molecule has 108 valence electrons. The van der Waals surface area contributed by atoms with Crippen LogP contribution in [0, 0.1) is 0 Å². The molecule has 1 fully saturated rings. The number of likely N-dealkylation sites (tertiary alicyclic amines) is 1. The molecule has 20 heavy (non-hydrogen) atoms. The zero-order valence-electron chi connectivity index (χ0n) is 11.5. The topological polar surface area (TPSA) is 60.8 Å². The summed E-state index contributed by atoms with van der Waals surface area (Å²) in [5.74, 6) is 0.246. The van der Waals surface area contributed by atoms with Gasteiger partial charge in [0.2, 0.25) is 5.91 Å². The van der Waals surface area contributed by atoms with Gasteiger partial charge in [0.15, 0.2) is 0 Å². The van der Waals surface area contributed by atoms with Crippen molar-refractivity contribution in [2.75, 3.05) is 13.2 Å². The third-order valence-corrected chi connectivity index (χ3v) is 3.67. The highest BCUT2D eigenvalue weighted by Gasteiger charge is 2.26. The Morgan fingerprint density at radius 3 is 2.80 bits per heavy atom. The minimum atomic E-state index is 0.0264. The molecule has 0 spiro atoms. The zero-order chi connectivity index (χ0) is 14.4. The summed E-state index contributed by atoms with van der Waals surface area (Å²) in [6.45, 7) is 0.983. The van der Waals surface area contributed by atoms with E-state index in [-0.39, 0.29) is 24.3 Å². The number of carbonyl (C=O) groups excluding carboxylic acids is 1. The first kappa shape index (κ1) is 14.6. The number of hydrogen-bond acceptors (Lipinski definition) is 3. The molecule has 0 saturated carbocycles. The molecule has 1 aromatic carbocycles. The second kappa shape index (κ2) is 7.10. The van der Waals surface area contributed by atoms with Crippen molar-refractivity contribution in [1.82, 2.24) is 4.90 Å². The van der Waals surface area contributed by atoms with E-state index in [0.717, 1.165) is 37.8 Å². The minimum absolute atomic E-state index is 0.0264. The van der Waals surface area contributed by atoms with E-state index in [1.54, 1.807) is 36.4 Å². The summed E-state index contributed by atoms with van der Waals surface area (Å²) in [6, 6.07) is 7.01. The van der Waals surface area contributed by atoms with Crippen LogP contribution in [0.3, 0.4) is 0 Å². The molecule has 4 heteroatoms. The van der Waals surface area contributed by atoms with Crippen molar-refractivity contribution >= 4 is 12.0 Å². The smallest absolute Gasteiger partial charge is 0.246 e. The summed E-state index contributed by atoms with van der Waals surface area (Å²) in [5, 5.41) is 18.1.